The first-order valence-electron chi connectivity index (χ1n) is 47.6. The van der Waals surface area contributed by atoms with Crippen molar-refractivity contribution in [1.82, 2.24) is 38.5 Å². The number of halogens is 1. The van der Waals surface area contributed by atoms with Crippen molar-refractivity contribution in [1.29, 1.82) is 0 Å². The molecule has 2 saturated heterocycles. The van der Waals surface area contributed by atoms with E-state index in [4.69, 9.17) is 47.0 Å². The molecular formula is C111H128BrN9O16P2S2Si2. The third-order valence-corrected chi connectivity index (χ3v) is 48.0. The van der Waals surface area contributed by atoms with Gasteiger partial charge in [0, 0.05) is 115 Å². The minimum atomic E-state index is -3.29. The second-order valence-electron chi connectivity index (χ2n) is 38.0. The Bertz CT molecular complexity index is 6550. The fourth-order valence-electron chi connectivity index (χ4n) is 18.4. The van der Waals surface area contributed by atoms with Gasteiger partial charge in [-0.15, -0.1) is 22.7 Å². The van der Waals surface area contributed by atoms with Crippen molar-refractivity contribution in [2.45, 2.75) is 155 Å². The molecule has 750 valence electrons. The minimum Gasteiger partial charge on any atom is -0.457 e. The number of carbonyl (C=O) groups excluding carboxylic acids is 7. The number of likely N-dealkylation sites (tertiary alicyclic amines) is 2. The molecule has 32 heteroatoms. The molecule has 2 aliphatic rings. The van der Waals surface area contributed by atoms with Crippen LogP contribution in [-0.2, 0) is 77.6 Å². The van der Waals surface area contributed by atoms with E-state index in [2.05, 4.69) is 131 Å². The molecule has 13 aromatic rings. The molecule has 0 saturated carbocycles. The van der Waals surface area contributed by atoms with E-state index in [0.29, 0.717) is 26.7 Å². The number of hydrogen-bond donors (Lipinski definition) is 0. The predicted octanol–water partition coefficient (Wildman–Crippen LogP) is 19.2. The molecule has 0 N–H and O–H groups in total. The van der Waals surface area contributed by atoms with E-state index in [1.165, 1.54) is 42.6 Å². The lowest BCUT2D eigenvalue weighted by Crippen LogP contribution is -2.71. The van der Waals surface area contributed by atoms with Crippen LogP contribution in [0.5, 0.6) is 0 Å². The van der Waals surface area contributed by atoms with Crippen molar-refractivity contribution in [3.05, 3.63) is 342 Å². The number of β-lactam (4-membered cyclic amide) rings is 2. The van der Waals surface area contributed by atoms with Gasteiger partial charge in [0.2, 0.25) is 23.4 Å². The van der Waals surface area contributed by atoms with Gasteiger partial charge in [-0.1, -0.05) is 268 Å². The zero-order chi connectivity index (χ0) is 103. The fraction of sp³-hybridized carbons (Fsp3) is 0.324. The monoisotopic (exact) mass is 2100 g/mol. The number of imidazole rings is 2. The molecular weight excluding hydrogens is 1980 g/mol. The van der Waals surface area contributed by atoms with E-state index in [1.807, 2.05) is 244 Å². The Labute approximate surface area is 857 Å². The molecule has 0 unspecified atom stereocenters. The summed E-state index contributed by atoms with van der Waals surface area (Å²) >= 11 is 6.31. The van der Waals surface area contributed by atoms with Crippen molar-refractivity contribution in [2.24, 2.45) is 23.7 Å². The number of ether oxygens (including phenoxy) is 7. The van der Waals surface area contributed by atoms with Crippen LogP contribution >= 0.6 is 52.4 Å². The van der Waals surface area contributed by atoms with Gasteiger partial charge in [0.15, 0.2) is 22.4 Å². The van der Waals surface area contributed by atoms with Gasteiger partial charge in [-0.2, -0.15) is 0 Å². The van der Waals surface area contributed by atoms with E-state index in [0.717, 1.165) is 64.8 Å². The summed E-state index contributed by atoms with van der Waals surface area (Å²) in [5.41, 5.74) is 4.08. The number of ketones is 1. The highest BCUT2D eigenvalue weighted by atomic mass is 79.9. The summed E-state index contributed by atoms with van der Waals surface area (Å²) in [6.07, 6.45) is 15.6. The number of hydrogen-bond acceptors (Lipinski definition) is 23. The van der Waals surface area contributed by atoms with Crippen LogP contribution in [0.3, 0.4) is 0 Å². The van der Waals surface area contributed by atoms with Gasteiger partial charge in [-0.05, 0) is 155 Å². The van der Waals surface area contributed by atoms with Crippen LogP contribution < -0.4 is 36.7 Å². The smallest absolute Gasteiger partial charge is 0.356 e. The molecule has 8 heterocycles. The Kier molecular flexibility index (Phi) is 35.1. The largest absolute Gasteiger partial charge is 0.457 e. The van der Waals surface area contributed by atoms with Crippen molar-refractivity contribution < 1.29 is 75.6 Å². The number of amides is 2. The molecule has 2 amide bonds. The number of benzene rings is 7. The van der Waals surface area contributed by atoms with Crippen LogP contribution in [0.25, 0.3) is 9.66 Å². The quantitative estimate of drug-likeness (QED) is 0.00403. The van der Waals surface area contributed by atoms with E-state index in [-0.39, 0.29) is 57.3 Å². The van der Waals surface area contributed by atoms with Crippen LogP contribution in [0.15, 0.2) is 309 Å². The molecule has 15 rings (SSSR count). The highest BCUT2D eigenvalue weighted by molar-refractivity contribution is 9.11. The number of aromatic nitrogens is 6. The Balaban J connectivity index is 0.000000201. The second-order valence-corrected chi connectivity index (χ2v) is 57.6. The summed E-state index contributed by atoms with van der Waals surface area (Å²) < 4.78 is 59.7. The maximum absolute atomic E-state index is 15.5. The first-order valence-corrected chi connectivity index (χ1v) is 59.4. The molecule has 2 aliphatic heterocycles. The number of fused-ring (bicyclic) bond motifs is 2. The summed E-state index contributed by atoms with van der Waals surface area (Å²) in [6, 6.07) is 71.1. The zero-order valence-corrected chi connectivity index (χ0v) is 91.7. The lowest BCUT2D eigenvalue weighted by atomic mass is 9.75. The van der Waals surface area contributed by atoms with Gasteiger partial charge in [0.05, 0.1) is 56.3 Å². The first kappa shape index (κ1) is 109. The number of methoxy groups -OCH3 is 4. The van der Waals surface area contributed by atoms with Crippen LogP contribution in [0, 0.1) is 23.7 Å². The zero-order valence-electron chi connectivity index (χ0n) is 84.7. The highest BCUT2D eigenvalue weighted by Gasteiger charge is 2.62. The van der Waals surface area contributed by atoms with Gasteiger partial charge in [-0.25, -0.2) is 24.4 Å². The Morgan fingerprint density at radius 1 is 0.483 bits per heavy atom. The summed E-state index contributed by atoms with van der Waals surface area (Å²) in [5.74, 6) is -9.90. The van der Waals surface area contributed by atoms with Crippen LogP contribution in [0.1, 0.15) is 126 Å². The second kappa shape index (κ2) is 46.2. The molecule has 0 radical (unpaired) electrons. The van der Waals surface area contributed by atoms with E-state index in [9.17, 15) is 9.59 Å². The highest BCUT2D eigenvalue weighted by Crippen LogP contribution is 2.55. The normalized spacial score (nSPS) is 16.1. The maximum Gasteiger partial charge on any atom is 0.356 e. The van der Waals surface area contributed by atoms with Gasteiger partial charge in [0.25, 0.3) is 0 Å². The number of Topliss-reactive ketones (excluding diaryl/α,β-unsaturated/α-hetero) is 1. The average molecular weight is 2110 g/mol. The molecule has 0 bridgehead atoms. The van der Waals surface area contributed by atoms with Crippen molar-refractivity contribution in [3.63, 3.8) is 0 Å². The third kappa shape index (κ3) is 21.5. The summed E-state index contributed by atoms with van der Waals surface area (Å²) in [4.78, 5) is 129. The van der Waals surface area contributed by atoms with Gasteiger partial charge >= 0.3 is 23.9 Å². The molecule has 8 atom stereocenters. The number of esters is 4. The molecule has 25 nitrogen and oxygen atoms in total. The van der Waals surface area contributed by atoms with Gasteiger partial charge in [-0.3, -0.25) is 37.9 Å². The van der Waals surface area contributed by atoms with Crippen molar-refractivity contribution in [3.8, 4) is 0 Å². The Hall–Kier alpha value is -11.6. The number of thiazole rings is 2. The molecule has 0 spiro atoms. The van der Waals surface area contributed by atoms with Crippen molar-refractivity contribution >= 4 is 168 Å². The maximum atomic E-state index is 15.5. The lowest BCUT2D eigenvalue weighted by molar-refractivity contribution is -0.185. The van der Waals surface area contributed by atoms with Crippen LogP contribution in [-0.4, -0.2) is 187 Å². The van der Waals surface area contributed by atoms with E-state index < -0.39 is 114 Å². The topological polar surface area (TPSA) is 273 Å². The summed E-state index contributed by atoms with van der Waals surface area (Å²) in [7, 11) is 1.38. The average Bonchev–Trinajstić information content (AvgIpc) is 1.56. The van der Waals surface area contributed by atoms with E-state index in [1.54, 1.807) is 104 Å². The molecule has 7 aromatic carbocycles. The number of rotatable bonds is 37. The summed E-state index contributed by atoms with van der Waals surface area (Å²) in [6.45, 7) is 35.2. The molecule has 2 fully saturated rings. The fourth-order valence-corrected chi connectivity index (χ4v) is 32.7. The number of pyridine rings is 2. The van der Waals surface area contributed by atoms with Crippen LogP contribution in [0.2, 0.25) is 36.3 Å². The summed E-state index contributed by atoms with van der Waals surface area (Å²) in [5, 5.41) is 4.62. The predicted molar refractivity (Wildman–Crippen MR) is 581 cm³/mol. The molecule has 6 aromatic heterocycles. The SMILES string of the molecule is C=CCOC(=O)C(N1C(=O)[C@H]([C@@H](C)O[Si](C)(C)C(C)(C)C)[C@H]1[C@@H](C)C(=O)OC(=O)c1ccc(N(CC)CC)cc1)=P(c1ccccc1)(c1ccccc1)c1ccccc1.C=CCOC(=O)C(N1C(=O)[C@H]([C@@H](C)O[Si](C)(C)C(C)(C)C)[C@H]1[C@@H](C)C(=O)c1cn2cnc(C(OC)(OC)c3cccnc3)c2s1)=P(c1ccccc1)(c1ccccc1)c1ccccc1.COC(OC)(c1cccnc1)c1ncn2cc(Br)sc12. The standard InChI is InChI=1S/C50H57N4O7PSSi.C48H59N2O7PSi.C13H12BrN3O2S/c1-11-30-60-48(57)46(62(37-23-15-12-16-24-37,38-25-17-13-18-26-38)39-27-19-14-20-28-39)54-42(41(45(54)56)35(3)61-64(9,10)49(4,5)6)34(2)43(55)40-32-53-33-52-44(47(53)63-40)50(58-7,59-8)36-22-21-29-51-31-36;1-11-33-55-47(54)44(58(38-23-17-14-18-24-38,39-25-19-15-20-26-39)40-27-21-16-22-28-40)50-42(41(43(50)51)35(5)57-59(9,10)48(6,7)8)34(4)45(52)56-46(53)36-29-31-37(32-30-36)49(12-2)13-3;1-18-13(19-2,9-4-3-5-15-6-9)11-12-17(8-16-11)7-10(14)20-12/h11-29,31-35,41-42H,1,30H2,2-10H3;11,14-32,34-35,41-42H,1,12-13,33H2,2-10H3;3-8H,1-2H3/t2*34-,35-,41-,42-;/m11./s1. The lowest BCUT2D eigenvalue weighted by Gasteiger charge is -2.54. The van der Waals surface area contributed by atoms with Crippen LogP contribution in [0.4, 0.5) is 5.69 Å². The first-order chi connectivity index (χ1) is 68.3. The minimum absolute atomic E-state index is 0.0853. The number of carbonyl (C=O) groups is 7. The Morgan fingerprint density at radius 3 is 1.15 bits per heavy atom. The van der Waals surface area contributed by atoms with E-state index >= 15 is 24.0 Å². The Morgan fingerprint density at radius 2 is 0.825 bits per heavy atom. The number of anilines is 1. The third-order valence-electron chi connectivity index (χ3n) is 27.7. The number of nitrogens with zero attached hydrogens (tertiary/aromatic N) is 9. The molecule has 0 aliphatic carbocycles. The molecule has 143 heavy (non-hydrogen) atoms. The van der Waals surface area contributed by atoms with Gasteiger partial charge in [0.1, 0.15) is 57.8 Å². The van der Waals surface area contributed by atoms with Crippen molar-refractivity contribution in [2.75, 3.05) is 59.6 Å². The van der Waals surface area contributed by atoms with Gasteiger partial charge < -0.3 is 56.7 Å².